The summed E-state index contributed by atoms with van der Waals surface area (Å²) in [4.78, 5) is 35.1. The standard InChI is InChI=1S/C22H28N6O2/c1-15-13-19(28-11-3-2-4-12-28)27-22(24-15)26-18-8-6-17(7-9-18)25-21(30)16-5-10-20(29)23-14-16/h6-9,13,16H,2-5,10-12,14H2,1H3,(H,23,29)(H,25,30)(H,24,26,27)/t16-/m0/s1. The first kappa shape index (κ1) is 20.1. The van der Waals surface area contributed by atoms with E-state index in [0.717, 1.165) is 36.0 Å². The Hall–Kier alpha value is -3.16. The van der Waals surface area contributed by atoms with Crippen LogP contribution in [0.15, 0.2) is 30.3 Å². The van der Waals surface area contributed by atoms with Crippen LogP contribution in [0.4, 0.5) is 23.1 Å². The lowest BCUT2D eigenvalue weighted by molar-refractivity contribution is -0.126. The monoisotopic (exact) mass is 408 g/mol. The third-order valence-electron chi connectivity index (χ3n) is 5.57. The maximum absolute atomic E-state index is 12.4. The maximum Gasteiger partial charge on any atom is 0.229 e. The molecule has 2 aliphatic rings. The first-order valence-electron chi connectivity index (χ1n) is 10.6. The Morgan fingerprint density at radius 2 is 1.83 bits per heavy atom. The fraction of sp³-hybridized carbons (Fsp3) is 0.455. The number of nitrogens with zero attached hydrogens (tertiary/aromatic N) is 3. The molecule has 2 amide bonds. The van der Waals surface area contributed by atoms with E-state index in [0.29, 0.717) is 25.3 Å². The minimum Gasteiger partial charge on any atom is -0.356 e. The molecule has 1 aromatic carbocycles. The molecule has 2 fully saturated rings. The zero-order valence-electron chi connectivity index (χ0n) is 17.3. The van der Waals surface area contributed by atoms with Crippen molar-refractivity contribution in [3.05, 3.63) is 36.0 Å². The first-order valence-corrected chi connectivity index (χ1v) is 10.6. The molecular formula is C22H28N6O2. The van der Waals surface area contributed by atoms with E-state index in [1.165, 1.54) is 19.3 Å². The third-order valence-corrected chi connectivity index (χ3v) is 5.57. The molecule has 8 heteroatoms. The first-order chi connectivity index (χ1) is 14.6. The second-order valence-electron chi connectivity index (χ2n) is 7.97. The molecule has 158 valence electrons. The molecule has 2 aromatic rings. The second kappa shape index (κ2) is 9.11. The number of amides is 2. The van der Waals surface area contributed by atoms with Crippen molar-refractivity contribution in [2.24, 2.45) is 5.92 Å². The van der Waals surface area contributed by atoms with Gasteiger partial charge in [0, 0.05) is 49.2 Å². The number of aryl methyl sites for hydroxylation is 1. The molecule has 30 heavy (non-hydrogen) atoms. The van der Waals surface area contributed by atoms with Crippen molar-refractivity contribution in [2.75, 3.05) is 35.2 Å². The van der Waals surface area contributed by atoms with Gasteiger partial charge in [-0.15, -0.1) is 0 Å². The van der Waals surface area contributed by atoms with Gasteiger partial charge in [0.15, 0.2) is 0 Å². The predicted molar refractivity (Wildman–Crippen MR) is 117 cm³/mol. The number of benzene rings is 1. The van der Waals surface area contributed by atoms with Gasteiger partial charge >= 0.3 is 0 Å². The number of aromatic nitrogens is 2. The lowest BCUT2D eigenvalue weighted by Crippen LogP contribution is -2.40. The Morgan fingerprint density at radius 3 is 2.53 bits per heavy atom. The molecule has 3 N–H and O–H groups in total. The minimum absolute atomic E-state index is 0.0105. The zero-order chi connectivity index (χ0) is 20.9. The van der Waals surface area contributed by atoms with Gasteiger partial charge in [0.1, 0.15) is 5.82 Å². The highest BCUT2D eigenvalue weighted by molar-refractivity contribution is 5.94. The second-order valence-corrected chi connectivity index (χ2v) is 7.97. The summed E-state index contributed by atoms with van der Waals surface area (Å²) in [6, 6.07) is 9.52. The van der Waals surface area contributed by atoms with Crippen molar-refractivity contribution >= 4 is 35.0 Å². The van der Waals surface area contributed by atoms with Crippen LogP contribution in [0.25, 0.3) is 0 Å². The quantitative estimate of drug-likeness (QED) is 0.703. The van der Waals surface area contributed by atoms with Gasteiger partial charge < -0.3 is 20.9 Å². The Balaban J connectivity index is 1.38. The van der Waals surface area contributed by atoms with Gasteiger partial charge in [-0.05, 0) is 56.9 Å². The summed E-state index contributed by atoms with van der Waals surface area (Å²) < 4.78 is 0. The molecule has 0 spiro atoms. The van der Waals surface area contributed by atoms with Crippen LogP contribution in [-0.2, 0) is 9.59 Å². The highest BCUT2D eigenvalue weighted by atomic mass is 16.2. The van der Waals surface area contributed by atoms with Gasteiger partial charge in [-0.25, -0.2) is 4.98 Å². The summed E-state index contributed by atoms with van der Waals surface area (Å²) in [6.45, 7) is 4.45. The summed E-state index contributed by atoms with van der Waals surface area (Å²) in [7, 11) is 0. The van der Waals surface area contributed by atoms with Crippen LogP contribution in [-0.4, -0.2) is 41.4 Å². The van der Waals surface area contributed by atoms with Crippen LogP contribution >= 0.6 is 0 Å². The maximum atomic E-state index is 12.4. The molecule has 8 nitrogen and oxygen atoms in total. The fourth-order valence-corrected chi connectivity index (χ4v) is 3.86. The van der Waals surface area contributed by atoms with Crippen molar-refractivity contribution in [2.45, 2.75) is 39.0 Å². The van der Waals surface area contributed by atoms with Crippen molar-refractivity contribution in [3.8, 4) is 0 Å². The number of piperidine rings is 2. The van der Waals surface area contributed by atoms with E-state index in [4.69, 9.17) is 4.98 Å². The topological polar surface area (TPSA) is 99.3 Å². The molecule has 2 aliphatic heterocycles. The van der Waals surface area contributed by atoms with Crippen LogP contribution in [0.3, 0.4) is 0 Å². The smallest absolute Gasteiger partial charge is 0.229 e. The van der Waals surface area contributed by atoms with E-state index >= 15 is 0 Å². The van der Waals surface area contributed by atoms with Crippen molar-refractivity contribution < 1.29 is 9.59 Å². The van der Waals surface area contributed by atoms with Crippen LogP contribution in [0.5, 0.6) is 0 Å². The lowest BCUT2D eigenvalue weighted by atomic mass is 9.98. The van der Waals surface area contributed by atoms with E-state index in [1.807, 2.05) is 37.3 Å². The van der Waals surface area contributed by atoms with E-state index < -0.39 is 0 Å². The predicted octanol–water partition coefficient (Wildman–Crippen LogP) is 2.98. The molecule has 3 heterocycles. The molecule has 0 aliphatic carbocycles. The number of nitrogens with one attached hydrogen (secondary N) is 3. The number of carbonyl (C=O) groups excluding carboxylic acids is 2. The Morgan fingerprint density at radius 1 is 1.10 bits per heavy atom. The summed E-state index contributed by atoms with van der Waals surface area (Å²) in [5.74, 6) is 1.30. The van der Waals surface area contributed by atoms with E-state index in [1.54, 1.807) is 0 Å². The Labute approximate surface area is 176 Å². The van der Waals surface area contributed by atoms with Crippen LogP contribution in [0.2, 0.25) is 0 Å². The van der Waals surface area contributed by atoms with Crippen molar-refractivity contribution in [1.82, 2.24) is 15.3 Å². The van der Waals surface area contributed by atoms with Crippen molar-refractivity contribution in [3.63, 3.8) is 0 Å². The molecular weight excluding hydrogens is 380 g/mol. The SMILES string of the molecule is Cc1cc(N2CCCCC2)nc(Nc2ccc(NC(=O)[C@H]3CCC(=O)NC3)cc2)n1. The summed E-state index contributed by atoms with van der Waals surface area (Å²) in [5, 5.41) is 8.93. The molecule has 0 radical (unpaired) electrons. The van der Waals surface area contributed by atoms with Crippen LogP contribution in [0.1, 0.15) is 37.8 Å². The number of rotatable bonds is 5. The van der Waals surface area contributed by atoms with E-state index in [-0.39, 0.29) is 17.7 Å². The summed E-state index contributed by atoms with van der Waals surface area (Å²) in [6.07, 6.45) is 4.67. The van der Waals surface area contributed by atoms with Gasteiger partial charge in [0.05, 0.1) is 5.92 Å². The Bertz CT molecular complexity index is 898. The fourth-order valence-electron chi connectivity index (χ4n) is 3.86. The average molecular weight is 409 g/mol. The summed E-state index contributed by atoms with van der Waals surface area (Å²) in [5.41, 5.74) is 2.51. The molecule has 0 unspecified atom stereocenters. The minimum atomic E-state index is -0.186. The number of hydrogen-bond acceptors (Lipinski definition) is 6. The number of hydrogen-bond donors (Lipinski definition) is 3. The molecule has 4 rings (SSSR count). The summed E-state index contributed by atoms with van der Waals surface area (Å²) >= 11 is 0. The highest BCUT2D eigenvalue weighted by Crippen LogP contribution is 2.23. The van der Waals surface area contributed by atoms with E-state index in [2.05, 4.69) is 25.8 Å². The normalized spacial score (nSPS) is 19.2. The Kier molecular flexibility index (Phi) is 6.11. The molecule has 2 saturated heterocycles. The molecule has 1 aromatic heterocycles. The van der Waals surface area contributed by atoms with Gasteiger partial charge in [0.2, 0.25) is 17.8 Å². The number of carbonyl (C=O) groups is 2. The highest BCUT2D eigenvalue weighted by Gasteiger charge is 2.24. The van der Waals surface area contributed by atoms with Gasteiger partial charge in [-0.1, -0.05) is 0 Å². The lowest BCUT2D eigenvalue weighted by Gasteiger charge is -2.28. The average Bonchev–Trinajstić information content (AvgIpc) is 2.76. The van der Waals surface area contributed by atoms with Crippen molar-refractivity contribution in [1.29, 1.82) is 0 Å². The molecule has 1 atom stereocenters. The van der Waals surface area contributed by atoms with E-state index in [9.17, 15) is 9.59 Å². The van der Waals surface area contributed by atoms with Crippen LogP contribution in [0, 0.1) is 12.8 Å². The largest absolute Gasteiger partial charge is 0.356 e. The van der Waals surface area contributed by atoms with Gasteiger partial charge in [-0.2, -0.15) is 4.98 Å². The molecule has 0 saturated carbocycles. The zero-order valence-corrected chi connectivity index (χ0v) is 17.3. The van der Waals surface area contributed by atoms with Crippen LogP contribution < -0.4 is 20.9 Å². The van der Waals surface area contributed by atoms with Gasteiger partial charge in [-0.3, -0.25) is 9.59 Å². The third kappa shape index (κ3) is 5.06. The number of anilines is 4. The molecule has 0 bridgehead atoms. The van der Waals surface area contributed by atoms with Gasteiger partial charge in [0.25, 0.3) is 0 Å².